The van der Waals surface area contributed by atoms with Crippen molar-refractivity contribution in [2.45, 2.75) is 56.8 Å². The summed E-state index contributed by atoms with van der Waals surface area (Å²) in [7, 11) is 0. The minimum absolute atomic E-state index is 0.000517. The molecule has 8 nitrogen and oxygen atoms in total. The monoisotopic (exact) mass is 542 g/mol. The maximum atomic E-state index is 13.1. The van der Waals surface area contributed by atoms with Gasteiger partial charge in [0, 0.05) is 38.2 Å². The highest BCUT2D eigenvalue weighted by molar-refractivity contribution is 5.96. The number of rotatable bonds is 7. The normalized spacial score (nSPS) is 19.4. The highest BCUT2D eigenvalue weighted by Crippen LogP contribution is 2.25. The summed E-state index contributed by atoms with van der Waals surface area (Å²) in [4.78, 5) is 31.8. The van der Waals surface area contributed by atoms with E-state index in [-0.39, 0.29) is 35.9 Å². The SMILES string of the molecule is N#Cc1ccc(OC2CCN(C(=O)c3ccc(C(=O)N[C@H]4CC[C@@H](Oc5ccc(F)cc5)CC4)cn3)CC2)cc1. The molecule has 0 spiro atoms. The van der Waals surface area contributed by atoms with Gasteiger partial charge in [0.05, 0.1) is 23.3 Å². The Hall–Kier alpha value is -4.45. The van der Waals surface area contributed by atoms with E-state index in [0.717, 1.165) is 25.7 Å². The standard InChI is InChI=1S/C31H31FN4O4/c32-23-4-10-26(11-5-23)39-27-12-6-24(7-13-27)35-30(37)22-3-14-29(34-20-22)31(38)36-17-15-28(16-18-36)40-25-8-1-21(19-33)2-9-25/h1-5,8-11,14,20,24,27-28H,6-7,12-13,15-18H2,(H,35,37)/t24-,27+. The molecule has 0 atom stereocenters. The van der Waals surface area contributed by atoms with Gasteiger partial charge >= 0.3 is 0 Å². The van der Waals surface area contributed by atoms with Crippen molar-refractivity contribution in [3.05, 3.63) is 89.5 Å². The fraction of sp³-hybridized carbons (Fsp3) is 0.355. The smallest absolute Gasteiger partial charge is 0.272 e. The van der Waals surface area contributed by atoms with Gasteiger partial charge in [0.2, 0.25) is 0 Å². The highest BCUT2D eigenvalue weighted by atomic mass is 19.1. The zero-order valence-electron chi connectivity index (χ0n) is 22.1. The molecule has 5 rings (SSSR count). The molecule has 2 heterocycles. The van der Waals surface area contributed by atoms with Crippen LogP contribution in [0.15, 0.2) is 66.9 Å². The number of likely N-dealkylation sites (tertiary alicyclic amines) is 1. The predicted octanol–water partition coefficient (Wildman–Crippen LogP) is 4.90. The number of halogens is 1. The van der Waals surface area contributed by atoms with Crippen molar-refractivity contribution >= 4 is 11.8 Å². The third-order valence-corrected chi connectivity index (χ3v) is 7.39. The number of aromatic nitrogens is 1. The molecule has 1 aromatic heterocycles. The van der Waals surface area contributed by atoms with E-state index in [1.807, 2.05) is 0 Å². The van der Waals surface area contributed by atoms with Crippen LogP contribution in [0, 0.1) is 17.1 Å². The molecule has 2 amide bonds. The van der Waals surface area contributed by atoms with Crippen LogP contribution in [0.25, 0.3) is 0 Å². The molecule has 1 N–H and O–H groups in total. The van der Waals surface area contributed by atoms with Crippen LogP contribution in [0.2, 0.25) is 0 Å². The molecule has 40 heavy (non-hydrogen) atoms. The van der Waals surface area contributed by atoms with Gasteiger partial charge in [-0.25, -0.2) is 4.39 Å². The topological polar surface area (TPSA) is 105 Å². The van der Waals surface area contributed by atoms with Crippen molar-refractivity contribution in [3.8, 4) is 17.6 Å². The molecule has 1 saturated heterocycles. The van der Waals surface area contributed by atoms with E-state index in [4.69, 9.17) is 14.7 Å². The van der Waals surface area contributed by atoms with Gasteiger partial charge in [0.25, 0.3) is 11.8 Å². The minimum Gasteiger partial charge on any atom is -0.490 e. The van der Waals surface area contributed by atoms with E-state index < -0.39 is 0 Å². The van der Waals surface area contributed by atoms with E-state index in [2.05, 4.69) is 16.4 Å². The molecule has 0 bridgehead atoms. The molecule has 2 aromatic carbocycles. The second kappa shape index (κ2) is 12.6. The number of nitrogens with zero attached hydrogens (tertiary/aromatic N) is 3. The van der Waals surface area contributed by atoms with Crippen LogP contribution in [0.1, 0.15) is 64.9 Å². The average molecular weight is 543 g/mol. The fourth-order valence-electron chi connectivity index (χ4n) is 5.09. The lowest BCUT2D eigenvalue weighted by atomic mass is 9.92. The van der Waals surface area contributed by atoms with Gasteiger partial charge in [-0.15, -0.1) is 0 Å². The lowest BCUT2D eigenvalue weighted by Gasteiger charge is -2.32. The minimum atomic E-state index is -0.294. The van der Waals surface area contributed by atoms with Crippen LogP contribution in [0.5, 0.6) is 11.5 Å². The predicted molar refractivity (Wildman–Crippen MR) is 145 cm³/mol. The lowest BCUT2D eigenvalue weighted by Crippen LogP contribution is -2.42. The van der Waals surface area contributed by atoms with Crippen molar-refractivity contribution in [1.82, 2.24) is 15.2 Å². The van der Waals surface area contributed by atoms with Crippen molar-refractivity contribution in [2.75, 3.05) is 13.1 Å². The number of carbonyl (C=O) groups is 2. The van der Waals surface area contributed by atoms with Crippen molar-refractivity contribution < 1.29 is 23.5 Å². The fourth-order valence-corrected chi connectivity index (χ4v) is 5.09. The summed E-state index contributed by atoms with van der Waals surface area (Å²) in [5.74, 6) is 0.692. The molecule has 1 saturated carbocycles. The molecule has 2 fully saturated rings. The number of nitrogens with one attached hydrogen (secondary N) is 1. The molecule has 1 aliphatic heterocycles. The maximum absolute atomic E-state index is 13.1. The number of pyridine rings is 1. The summed E-state index contributed by atoms with van der Waals surface area (Å²) in [5.41, 5.74) is 1.30. The largest absolute Gasteiger partial charge is 0.490 e. The molecular formula is C31H31FN4O4. The number of benzene rings is 2. The number of amides is 2. The Morgan fingerprint density at radius 2 is 1.45 bits per heavy atom. The maximum Gasteiger partial charge on any atom is 0.272 e. The van der Waals surface area contributed by atoms with E-state index in [1.54, 1.807) is 53.4 Å². The second-order valence-electron chi connectivity index (χ2n) is 10.2. The van der Waals surface area contributed by atoms with E-state index in [9.17, 15) is 14.0 Å². The van der Waals surface area contributed by atoms with Gasteiger partial charge in [0.1, 0.15) is 29.1 Å². The summed E-state index contributed by atoms with van der Waals surface area (Å²) in [5, 5.41) is 12.0. The second-order valence-corrected chi connectivity index (χ2v) is 10.2. The first-order valence-electron chi connectivity index (χ1n) is 13.6. The molecular weight excluding hydrogens is 511 g/mol. The Morgan fingerprint density at radius 3 is 2.02 bits per heavy atom. The number of hydrogen-bond donors (Lipinski definition) is 1. The van der Waals surface area contributed by atoms with Crippen molar-refractivity contribution in [1.29, 1.82) is 5.26 Å². The summed E-state index contributed by atoms with van der Waals surface area (Å²) in [6, 6.07) is 18.4. The Bertz CT molecular complexity index is 1340. The van der Waals surface area contributed by atoms with E-state index in [0.29, 0.717) is 54.3 Å². The zero-order valence-corrected chi connectivity index (χ0v) is 22.1. The van der Waals surface area contributed by atoms with Gasteiger partial charge in [0.15, 0.2) is 0 Å². The summed E-state index contributed by atoms with van der Waals surface area (Å²) >= 11 is 0. The third-order valence-electron chi connectivity index (χ3n) is 7.39. The number of carbonyl (C=O) groups excluding carboxylic acids is 2. The number of hydrogen-bond acceptors (Lipinski definition) is 6. The first kappa shape index (κ1) is 27.1. The Balaban J connectivity index is 1.05. The zero-order chi connectivity index (χ0) is 27.9. The van der Waals surface area contributed by atoms with Gasteiger partial charge < -0.3 is 19.7 Å². The van der Waals surface area contributed by atoms with Crippen molar-refractivity contribution in [2.24, 2.45) is 0 Å². The molecule has 206 valence electrons. The van der Waals surface area contributed by atoms with Crippen LogP contribution < -0.4 is 14.8 Å². The molecule has 0 unspecified atom stereocenters. The van der Waals surface area contributed by atoms with Gasteiger partial charge in [-0.05, 0) is 86.3 Å². The molecule has 2 aliphatic rings. The highest BCUT2D eigenvalue weighted by Gasteiger charge is 2.27. The average Bonchev–Trinajstić information content (AvgIpc) is 3.00. The number of ether oxygens (including phenoxy) is 2. The van der Waals surface area contributed by atoms with Crippen molar-refractivity contribution in [3.63, 3.8) is 0 Å². The quantitative estimate of drug-likeness (QED) is 0.456. The molecule has 9 heteroatoms. The van der Waals surface area contributed by atoms with Crippen LogP contribution in [0.4, 0.5) is 4.39 Å². The van der Waals surface area contributed by atoms with Crippen LogP contribution in [-0.4, -0.2) is 53.0 Å². The first-order chi connectivity index (χ1) is 19.5. The van der Waals surface area contributed by atoms with E-state index in [1.165, 1.54) is 18.3 Å². The summed E-state index contributed by atoms with van der Waals surface area (Å²) in [6.07, 6.45) is 6.05. The number of nitriles is 1. The Morgan fingerprint density at radius 1 is 0.850 bits per heavy atom. The molecule has 0 radical (unpaired) electrons. The van der Waals surface area contributed by atoms with E-state index >= 15 is 0 Å². The third kappa shape index (κ3) is 6.94. The van der Waals surface area contributed by atoms with Crippen LogP contribution in [-0.2, 0) is 0 Å². The summed E-state index contributed by atoms with van der Waals surface area (Å²) in [6.45, 7) is 1.11. The van der Waals surface area contributed by atoms with Gasteiger partial charge in [-0.1, -0.05) is 0 Å². The molecule has 1 aliphatic carbocycles. The Labute approximate surface area is 232 Å². The van der Waals surface area contributed by atoms with Gasteiger partial charge in [-0.3, -0.25) is 14.6 Å². The number of piperidine rings is 1. The van der Waals surface area contributed by atoms with Crippen LogP contribution in [0.3, 0.4) is 0 Å². The Kier molecular flexibility index (Phi) is 8.55. The first-order valence-corrected chi connectivity index (χ1v) is 13.6. The molecule has 3 aromatic rings. The van der Waals surface area contributed by atoms with Gasteiger partial charge in [-0.2, -0.15) is 5.26 Å². The lowest BCUT2D eigenvalue weighted by molar-refractivity contribution is 0.0589. The summed E-state index contributed by atoms with van der Waals surface area (Å²) < 4.78 is 25.0. The van der Waals surface area contributed by atoms with Crippen LogP contribution >= 0.6 is 0 Å².